The Kier molecular flexibility index (Phi) is 3.50. The van der Waals surface area contributed by atoms with Gasteiger partial charge in [0.15, 0.2) is 0 Å². The van der Waals surface area contributed by atoms with Gasteiger partial charge in [0.25, 0.3) is 5.92 Å². The predicted octanol–water partition coefficient (Wildman–Crippen LogP) is 5.45. The van der Waals surface area contributed by atoms with E-state index in [1.807, 2.05) is 0 Å². The van der Waals surface area contributed by atoms with Crippen molar-refractivity contribution < 1.29 is 18.3 Å². The number of hydrogen-bond donors (Lipinski definition) is 0. The largest absolute Gasteiger partial charge is 0.462 e. The molecule has 9 atom stereocenters. The molecule has 26 heavy (non-hydrogen) atoms. The van der Waals surface area contributed by atoms with Crippen LogP contribution < -0.4 is 0 Å². The van der Waals surface area contributed by atoms with E-state index in [2.05, 4.69) is 13.8 Å². The molecule has 0 aromatic heterocycles. The van der Waals surface area contributed by atoms with Gasteiger partial charge in [0.05, 0.1) is 0 Å². The molecule has 0 radical (unpaired) electrons. The number of hydrogen-bond acceptors (Lipinski definition) is 2. The zero-order chi connectivity index (χ0) is 18.5. The SMILES string of the molecule is CC(=O)O[C@H]1CC[C@H]2[C@@H]3CC[C@H]4C[C@@H]5[C@@H](C[C@]4(C)[C@H]3CC[C@]12C)C5(F)F. The summed E-state index contributed by atoms with van der Waals surface area (Å²) in [4.78, 5) is 11.5. The van der Waals surface area contributed by atoms with E-state index in [0.29, 0.717) is 23.7 Å². The van der Waals surface area contributed by atoms with Crippen molar-refractivity contribution in [3.05, 3.63) is 0 Å². The summed E-state index contributed by atoms with van der Waals surface area (Å²) in [6, 6.07) is 0. The lowest BCUT2D eigenvalue weighted by molar-refractivity contribution is -0.161. The van der Waals surface area contributed by atoms with Gasteiger partial charge in [-0.1, -0.05) is 13.8 Å². The molecule has 0 aromatic rings. The molecule has 0 unspecified atom stereocenters. The van der Waals surface area contributed by atoms with Crippen LogP contribution in [0.25, 0.3) is 0 Å². The maximum absolute atomic E-state index is 14.1. The summed E-state index contributed by atoms with van der Waals surface area (Å²) in [6.07, 6.45) is 8.21. The molecule has 4 heteroatoms. The second-order valence-corrected chi connectivity index (χ2v) is 10.7. The first-order chi connectivity index (χ1) is 12.2. The van der Waals surface area contributed by atoms with Gasteiger partial charge in [-0.25, -0.2) is 8.78 Å². The fraction of sp³-hybridized carbons (Fsp3) is 0.955. The quantitative estimate of drug-likeness (QED) is 0.577. The summed E-state index contributed by atoms with van der Waals surface area (Å²) in [5, 5.41) is 0. The highest BCUT2D eigenvalue weighted by Crippen LogP contribution is 2.73. The van der Waals surface area contributed by atoms with Crippen LogP contribution in [0, 0.1) is 46.3 Å². The monoisotopic (exact) mass is 366 g/mol. The number of esters is 1. The lowest BCUT2D eigenvalue weighted by Crippen LogP contribution is -2.53. The van der Waals surface area contributed by atoms with Crippen molar-refractivity contribution in [3.8, 4) is 0 Å². The summed E-state index contributed by atoms with van der Waals surface area (Å²) in [5.74, 6) is -0.878. The fourth-order valence-corrected chi connectivity index (χ4v) is 8.43. The molecule has 0 aliphatic heterocycles. The van der Waals surface area contributed by atoms with Crippen molar-refractivity contribution in [2.45, 2.75) is 84.2 Å². The van der Waals surface area contributed by atoms with Crippen LogP contribution in [-0.4, -0.2) is 18.0 Å². The predicted molar refractivity (Wildman–Crippen MR) is 94.6 cm³/mol. The van der Waals surface area contributed by atoms with Gasteiger partial charge in [-0.3, -0.25) is 4.79 Å². The Morgan fingerprint density at radius 3 is 2.38 bits per heavy atom. The molecular weight excluding hydrogens is 334 g/mol. The molecule has 5 fully saturated rings. The average molecular weight is 366 g/mol. The van der Waals surface area contributed by atoms with E-state index in [-0.39, 0.29) is 34.7 Å². The van der Waals surface area contributed by atoms with Crippen LogP contribution in [0.15, 0.2) is 0 Å². The van der Waals surface area contributed by atoms with Crippen molar-refractivity contribution in [2.75, 3.05) is 0 Å². The van der Waals surface area contributed by atoms with E-state index >= 15 is 0 Å². The number of halogens is 2. The Bertz CT molecular complexity index is 634. The van der Waals surface area contributed by atoms with E-state index in [1.165, 1.54) is 13.3 Å². The molecule has 2 nitrogen and oxygen atoms in total. The molecule has 5 aliphatic carbocycles. The molecule has 146 valence electrons. The van der Waals surface area contributed by atoms with Crippen LogP contribution in [0.2, 0.25) is 0 Å². The summed E-state index contributed by atoms with van der Waals surface area (Å²) in [6.45, 7) is 6.19. The highest BCUT2D eigenvalue weighted by Gasteiger charge is 2.74. The Balaban J connectivity index is 1.41. The highest BCUT2D eigenvalue weighted by molar-refractivity contribution is 5.66. The van der Waals surface area contributed by atoms with Crippen molar-refractivity contribution in [3.63, 3.8) is 0 Å². The first-order valence-electron chi connectivity index (χ1n) is 10.7. The van der Waals surface area contributed by atoms with E-state index in [1.54, 1.807) is 0 Å². The molecule has 5 rings (SSSR count). The van der Waals surface area contributed by atoms with Gasteiger partial charge in [0, 0.05) is 24.2 Å². The minimum atomic E-state index is -2.38. The first kappa shape index (κ1) is 17.4. The van der Waals surface area contributed by atoms with Crippen molar-refractivity contribution in [1.82, 2.24) is 0 Å². The van der Waals surface area contributed by atoms with Crippen LogP contribution in [0.3, 0.4) is 0 Å². The zero-order valence-electron chi connectivity index (χ0n) is 16.3. The molecule has 5 aliphatic rings. The topological polar surface area (TPSA) is 26.3 Å². The van der Waals surface area contributed by atoms with Gasteiger partial charge in [-0.2, -0.15) is 0 Å². The molecule has 0 saturated heterocycles. The highest BCUT2D eigenvalue weighted by atomic mass is 19.3. The molecule has 0 bridgehead atoms. The molecular formula is C22H32F2O2. The summed E-state index contributed by atoms with van der Waals surface area (Å²) in [7, 11) is 0. The van der Waals surface area contributed by atoms with Crippen LogP contribution in [0.4, 0.5) is 8.78 Å². The van der Waals surface area contributed by atoms with Gasteiger partial charge >= 0.3 is 5.97 Å². The maximum Gasteiger partial charge on any atom is 0.302 e. The Morgan fingerprint density at radius 2 is 1.65 bits per heavy atom. The van der Waals surface area contributed by atoms with Gasteiger partial charge in [-0.15, -0.1) is 0 Å². The summed E-state index contributed by atoms with van der Waals surface area (Å²) < 4.78 is 34.0. The van der Waals surface area contributed by atoms with Crippen molar-refractivity contribution in [1.29, 1.82) is 0 Å². The van der Waals surface area contributed by atoms with Crippen LogP contribution in [0.5, 0.6) is 0 Å². The second kappa shape index (κ2) is 5.23. The van der Waals surface area contributed by atoms with Crippen LogP contribution >= 0.6 is 0 Å². The number of carbonyl (C=O) groups excluding carboxylic acids is 1. The minimum Gasteiger partial charge on any atom is -0.462 e. The van der Waals surface area contributed by atoms with Gasteiger partial charge in [0.1, 0.15) is 6.10 Å². The number of carbonyl (C=O) groups is 1. The Morgan fingerprint density at radius 1 is 0.923 bits per heavy atom. The van der Waals surface area contributed by atoms with E-state index in [9.17, 15) is 13.6 Å². The van der Waals surface area contributed by atoms with Gasteiger partial charge < -0.3 is 4.74 Å². The average Bonchev–Trinajstić information content (AvgIpc) is 2.91. The third-order valence-corrected chi connectivity index (χ3v) is 9.85. The number of ether oxygens (including phenoxy) is 1. The number of alkyl halides is 2. The van der Waals surface area contributed by atoms with E-state index in [0.717, 1.165) is 44.9 Å². The minimum absolute atomic E-state index is 0.0555. The maximum atomic E-state index is 14.1. The molecule has 0 amide bonds. The third kappa shape index (κ3) is 2.11. The molecule has 0 spiro atoms. The lowest BCUT2D eigenvalue weighted by atomic mass is 9.45. The summed E-state index contributed by atoms with van der Waals surface area (Å²) in [5.41, 5.74) is 0.196. The lowest BCUT2D eigenvalue weighted by Gasteiger charge is -2.60. The van der Waals surface area contributed by atoms with Crippen molar-refractivity contribution >= 4 is 5.97 Å². The molecule has 0 aromatic carbocycles. The van der Waals surface area contributed by atoms with Crippen LogP contribution in [0.1, 0.15) is 72.1 Å². The second-order valence-electron chi connectivity index (χ2n) is 10.7. The van der Waals surface area contributed by atoms with E-state index < -0.39 is 5.92 Å². The molecule has 5 saturated carbocycles. The summed E-state index contributed by atoms with van der Waals surface area (Å²) >= 11 is 0. The third-order valence-electron chi connectivity index (χ3n) is 9.85. The first-order valence-corrected chi connectivity index (χ1v) is 10.7. The fourth-order valence-electron chi connectivity index (χ4n) is 8.43. The van der Waals surface area contributed by atoms with E-state index in [4.69, 9.17) is 4.74 Å². The smallest absolute Gasteiger partial charge is 0.302 e. The number of rotatable bonds is 1. The van der Waals surface area contributed by atoms with Gasteiger partial charge in [0.2, 0.25) is 0 Å². The zero-order valence-corrected chi connectivity index (χ0v) is 16.3. The van der Waals surface area contributed by atoms with Gasteiger partial charge in [-0.05, 0) is 80.5 Å². The normalized spacial score (nSPS) is 56.6. The Labute approximate surface area is 155 Å². The van der Waals surface area contributed by atoms with Crippen molar-refractivity contribution in [2.24, 2.45) is 46.3 Å². The Hall–Kier alpha value is -0.670. The molecule has 0 N–H and O–H groups in total. The van der Waals surface area contributed by atoms with Crippen LogP contribution in [-0.2, 0) is 9.53 Å². The molecule has 0 heterocycles. The standard InChI is InChI=1S/C22H32F2O2/c1-12(25)26-19-7-6-15-14-5-4-13-10-17-18(22(17,23)24)11-21(13,3)16(14)8-9-20(15,19)2/h13-19H,4-11H2,1-3H3/t13-,14-,15-,16-,17+,18+,19-,20-,21-/m0/s1. The number of fused-ring (bicyclic) bond motifs is 6.